The first-order valence-electron chi connectivity index (χ1n) is 9.62. The standard InChI is InChI=1S/C20H27N5O6/c1-23-17-16(18(27)24(2)20(23)28)25(8-9-29-3)19(22-17)21-13(11-26)12-6-7-14(30-4)15(10-12)31-5/h6-7,10,13,26H,8-9,11H2,1-5H3,(H,21,22)/t13-/m0/s1. The predicted molar refractivity (Wildman–Crippen MR) is 115 cm³/mol. The number of nitrogens with zero attached hydrogens (tertiary/aromatic N) is 4. The smallest absolute Gasteiger partial charge is 0.332 e. The van der Waals surface area contributed by atoms with E-state index in [4.69, 9.17) is 14.2 Å². The number of ether oxygens (including phenoxy) is 3. The van der Waals surface area contributed by atoms with Crippen molar-refractivity contribution in [3.63, 3.8) is 0 Å². The normalized spacial score (nSPS) is 12.2. The topological polar surface area (TPSA) is 122 Å². The zero-order valence-electron chi connectivity index (χ0n) is 18.2. The fourth-order valence-corrected chi connectivity index (χ4v) is 3.42. The maximum atomic E-state index is 12.8. The van der Waals surface area contributed by atoms with Crippen LogP contribution in [0.15, 0.2) is 27.8 Å². The highest BCUT2D eigenvalue weighted by molar-refractivity contribution is 5.74. The molecule has 168 valence electrons. The van der Waals surface area contributed by atoms with Crippen molar-refractivity contribution < 1.29 is 19.3 Å². The molecule has 2 N–H and O–H groups in total. The second kappa shape index (κ2) is 9.23. The Kier molecular flexibility index (Phi) is 6.66. The number of aliphatic hydroxyl groups is 1. The van der Waals surface area contributed by atoms with E-state index in [0.29, 0.717) is 30.6 Å². The van der Waals surface area contributed by atoms with Crippen molar-refractivity contribution in [2.45, 2.75) is 12.6 Å². The fourth-order valence-electron chi connectivity index (χ4n) is 3.42. The van der Waals surface area contributed by atoms with Gasteiger partial charge in [0.05, 0.1) is 33.5 Å². The molecule has 0 radical (unpaired) electrons. The van der Waals surface area contributed by atoms with E-state index in [0.717, 1.165) is 10.1 Å². The Bertz CT molecular complexity index is 1200. The van der Waals surface area contributed by atoms with E-state index in [2.05, 4.69) is 10.3 Å². The van der Waals surface area contributed by atoms with Gasteiger partial charge < -0.3 is 29.2 Å². The lowest BCUT2D eigenvalue weighted by Gasteiger charge is -2.20. The summed E-state index contributed by atoms with van der Waals surface area (Å²) < 4.78 is 19.8. The SMILES string of the molecule is COCCn1c(N[C@@H](CO)c2ccc(OC)c(OC)c2)nc2c1c(=O)n(C)c(=O)n2C. The molecule has 0 aliphatic rings. The molecule has 0 amide bonds. The molecule has 0 spiro atoms. The molecule has 0 saturated heterocycles. The Morgan fingerprint density at radius 3 is 2.42 bits per heavy atom. The third-order valence-corrected chi connectivity index (χ3v) is 5.16. The van der Waals surface area contributed by atoms with Crippen molar-refractivity contribution in [2.75, 3.05) is 39.9 Å². The summed E-state index contributed by atoms with van der Waals surface area (Å²) in [5.74, 6) is 1.41. The molecule has 0 bridgehead atoms. The molecule has 0 unspecified atom stereocenters. The van der Waals surface area contributed by atoms with Crippen molar-refractivity contribution >= 4 is 17.1 Å². The maximum absolute atomic E-state index is 12.8. The van der Waals surface area contributed by atoms with Gasteiger partial charge in [-0.1, -0.05) is 6.07 Å². The average Bonchev–Trinajstić information content (AvgIpc) is 3.15. The average molecular weight is 433 g/mol. The number of rotatable bonds is 9. The Hall–Kier alpha value is -3.31. The van der Waals surface area contributed by atoms with E-state index in [9.17, 15) is 14.7 Å². The highest BCUT2D eigenvalue weighted by Crippen LogP contribution is 2.31. The zero-order chi connectivity index (χ0) is 22.7. The molecule has 2 heterocycles. The quantitative estimate of drug-likeness (QED) is 0.492. The van der Waals surface area contributed by atoms with Gasteiger partial charge in [0.25, 0.3) is 5.56 Å². The first kappa shape index (κ1) is 22.4. The first-order valence-corrected chi connectivity index (χ1v) is 9.62. The molecule has 0 aliphatic heterocycles. The third-order valence-electron chi connectivity index (χ3n) is 5.16. The van der Waals surface area contributed by atoms with Crippen molar-refractivity contribution in [3.05, 3.63) is 44.6 Å². The predicted octanol–water partition coefficient (Wildman–Crippen LogP) is 0.243. The van der Waals surface area contributed by atoms with Crippen LogP contribution in [0, 0.1) is 0 Å². The second-order valence-corrected chi connectivity index (χ2v) is 6.95. The summed E-state index contributed by atoms with van der Waals surface area (Å²) in [6, 6.07) is 4.74. The lowest BCUT2D eigenvalue weighted by atomic mass is 10.1. The van der Waals surface area contributed by atoms with Crippen LogP contribution in [0.4, 0.5) is 5.95 Å². The van der Waals surface area contributed by atoms with Gasteiger partial charge in [-0.15, -0.1) is 0 Å². The van der Waals surface area contributed by atoms with Gasteiger partial charge in [0.2, 0.25) is 5.95 Å². The van der Waals surface area contributed by atoms with Crippen molar-refractivity contribution in [3.8, 4) is 11.5 Å². The van der Waals surface area contributed by atoms with Gasteiger partial charge in [-0.3, -0.25) is 13.9 Å². The van der Waals surface area contributed by atoms with Gasteiger partial charge in [-0.2, -0.15) is 4.98 Å². The minimum Gasteiger partial charge on any atom is -0.493 e. The van der Waals surface area contributed by atoms with Crippen LogP contribution in [0.5, 0.6) is 11.5 Å². The van der Waals surface area contributed by atoms with Crippen LogP contribution in [0.25, 0.3) is 11.2 Å². The molecule has 1 atom stereocenters. The minimum absolute atomic E-state index is 0.246. The molecule has 0 saturated carbocycles. The van der Waals surface area contributed by atoms with Crippen LogP contribution in [0.3, 0.4) is 0 Å². The molecule has 0 fully saturated rings. The summed E-state index contributed by atoms with van der Waals surface area (Å²) in [5.41, 5.74) is 0.316. The van der Waals surface area contributed by atoms with Crippen molar-refractivity contribution in [1.82, 2.24) is 18.7 Å². The highest BCUT2D eigenvalue weighted by Gasteiger charge is 2.22. The van der Waals surface area contributed by atoms with Crippen LogP contribution >= 0.6 is 0 Å². The van der Waals surface area contributed by atoms with E-state index in [1.54, 1.807) is 44.0 Å². The minimum atomic E-state index is -0.557. The largest absolute Gasteiger partial charge is 0.493 e. The number of methoxy groups -OCH3 is 3. The lowest BCUT2D eigenvalue weighted by Crippen LogP contribution is -2.37. The molecule has 0 aliphatic carbocycles. The number of benzene rings is 1. The second-order valence-electron chi connectivity index (χ2n) is 6.95. The number of aromatic nitrogens is 4. The zero-order valence-corrected chi connectivity index (χ0v) is 18.2. The van der Waals surface area contributed by atoms with Crippen LogP contribution in [0.1, 0.15) is 11.6 Å². The molecule has 2 aromatic heterocycles. The number of aryl methyl sites for hydroxylation is 1. The van der Waals surface area contributed by atoms with E-state index in [1.807, 2.05) is 0 Å². The third kappa shape index (κ3) is 4.01. The molecule has 31 heavy (non-hydrogen) atoms. The van der Waals surface area contributed by atoms with Gasteiger partial charge >= 0.3 is 5.69 Å². The molecule has 11 nitrogen and oxygen atoms in total. The number of hydrogen-bond donors (Lipinski definition) is 2. The van der Waals surface area contributed by atoms with Crippen LogP contribution in [-0.4, -0.2) is 58.3 Å². The number of hydrogen-bond acceptors (Lipinski definition) is 8. The Morgan fingerprint density at radius 2 is 1.81 bits per heavy atom. The van der Waals surface area contributed by atoms with E-state index >= 15 is 0 Å². The summed E-state index contributed by atoms with van der Waals surface area (Å²) in [6.07, 6.45) is 0. The van der Waals surface area contributed by atoms with Gasteiger partial charge in [0, 0.05) is 27.7 Å². The first-order chi connectivity index (χ1) is 14.9. The maximum Gasteiger partial charge on any atom is 0.332 e. The van der Waals surface area contributed by atoms with E-state index in [-0.39, 0.29) is 17.8 Å². The van der Waals surface area contributed by atoms with E-state index < -0.39 is 17.3 Å². The molecule has 1 aromatic carbocycles. The Balaban J connectivity index is 2.13. The van der Waals surface area contributed by atoms with Gasteiger partial charge in [0.15, 0.2) is 22.7 Å². The van der Waals surface area contributed by atoms with E-state index in [1.165, 1.54) is 18.7 Å². The fraction of sp³-hybridized carbons (Fsp3) is 0.450. The molecule has 11 heteroatoms. The van der Waals surface area contributed by atoms with Gasteiger partial charge in [0.1, 0.15) is 0 Å². The number of fused-ring (bicyclic) bond motifs is 1. The van der Waals surface area contributed by atoms with Gasteiger partial charge in [-0.25, -0.2) is 4.79 Å². The number of anilines is 1. The van der Waals surface area contributed by atoms with Crippen LogP contribution < -0.4 is 26.0 Å². The van der Waals surface area contributed by atoms with Crippen LogP contribution in [-0.2, 0) is 25.4 Å². The Labute approximate surface area is 178 Å². The summed E-state index contributed by atoms with van der Waals surface area (Å²) in [4.78, 5) is 29.6. The summed E-state index contributed by atoms with van der Waals surface area (Å²) >= 11 is 0. The molecular formula is C20H27N5O6. The molecule has 3 rings (SSSR count). The number of aliphatic hydroxyl groups excluding tert-OH is 1. The van der Waals surface area contributed by atoms with Crippen molar-refractivity contribution in [2.24, 2.45) is 14.1 Å². The summed E-state index contributed by atoms with van der Waals surface area (Å²) in [6.45, 7) is 0.402. The van der Waals surface area contributed by atoms with Crippen LogP contribution in [0.2, 0.25) is 0 Å². The molecule has 3 aromatic rings. The van der Waals surface area contributed by atoms with Gasteiger partial charge in [-0.05, 0) is 17.7 Å². The number of nitrogens with one attached hydrogen (secondary N) is 1. The number of imidazole rings is 1. The Morgan fingerprint density at radius 1 is 1.10 bits per heavy atom. The molecular weight excluding hydrogens is 406 g/mol. The summed E-state index contributed by atoms with van der Waals surface area (Å²) in [5, 5.41) is 13.2. The lowest BCUT2D eigenvalue weighted by molar-refractivity contribution is 0.188. The highest BCUT2D eigenvalue weighted by atomic mass is 16.5. The monoisotopic (exact) mass is 433 g/mol. The van der Waals surface area contributed by atoms with Crippen molar-refractivity contribution in [1.29, 1.82) is 0 Å². The summed E-state index contributed by atoms with van der Waals surface area (Å²) in [7, 11) is 7.61.